The van der Waals surface area contributed by atoms with Gasteiger partial charge in [0, 0.05) is 11.1 Å². The molecule has 0 radical (unpaired) electrons. The summed E-state index contributed by atoms with van der Waals surface area (Å²) in [7, 11) is 1.58. The first-order chi connectivity index (χ1) is 11.1. The van der Waals surface area contributed by atoms with Crippen LogP contribution in [0.5, 0.6) is 11.5 Å². The summed E-state index contributed by atoms with van der Waals surface area (Å²) in [6.07, 6.45) is 0. The molecular formula is C18H19NO4. The Labute approximate surface area is 135 Å². The molecule has 5 nitrogen and oxygen atoms in total. The van der Waals surface area contributed by atoms with Crippen LogP contribution in [0.3, 0.4) is 0 Å². The first-order valence-electron chi connectivity index (χ1n) is 7.27. The topological polar surface area (TPSA) is 64.6 Å². The third kappa shape index (κ3) is 4.57. The molecule has 2 rings (SSSR count). The van der Waals surface area contributed by atoms with Crippen molar-refractivity contribution in [3.63, 3.8) is 0 Å². The molecule has 0 aliphatic heterocycles. The molecule has 5 heteroatoms. The fraction of sp³-hybridized carbons (Fsp3) is 0.222. The highest BCUT2D eigenvalue weighted by atomic mass is 16.5. The average molecular weight is 313 g/mol. The highest BCUT2D eigenvalue weighted by molar-refractivity contribution is 5.97. The average Bonchev–Trinajstić information content (AvgIpc) is 2.59. The van der Waals surface area contributed by atoms with Gasteiger partial charge in [0.05, 0.1) is 13.7 Å². The van der Waals surface area contributed by atoms with Crippen molar-refractivity contribution in [3.8, 4) is 11.5 Å². The van der Waals surface area contributed by atoms with Crippen molar-refractivity contribution in [1.29, 1.82) is 0 Å². The Morgan fingerprint density at radius 2 is 1.57 bits per heavy atom. The lowest BCUT2D eigenvalue weighted by Gasteiger charge is -2.11. The Hall–Kier alpha value is -2.82. The smallest absolute Gasteiger partial charge is 0.251 e. The quantitative estimate of drug-likeness (QED) is 0.630. The molecule has 0 spiro atoms. The SMILES string of the molecule is COc1ccccc1OCCNC(=O)c1ccc(C(C)=O)cc1. The van der Waals surface area contributed by atoms with Crippen molar-refractivity contribution in [2.45, 2.75) is 6.92 Å². The Morgan fingerprint density at radius 3 is 2.17 bits per heavy atom. The van der Waals surface area contributed by atoms with E-state index in [1.165, 1.54) is 6.92 Å². The van der Waals surface area contributed by atoms with E-state index >= 15 is 0 Å². The van der Waals surface area contributed by atoms with E-state index in [4.69, 9.17) is 9.47 Å². The largest absolute Gasteiger partial charge is 0.493 e. The minimum Gasteiger partial charge on any atom is -0.493 e. The first kappa shape index (κ1) is 16.5. The number of rotatable bonds is 7. The van der Waals surface area contributed by atoms with Crippen molar-refractivity contribution < 1.29 is 19.1 Å². The third-order valence-electron chi connectivity index (χ3n) is 3.27. The number of ether oxygens (including phenoxy) is 2. The number of Topliss-reactive ketones (excluding diaryl/α,β-unsaturated/α-hetero) is 1. The lowest BCUT2D eigenvalue weighted by molar-refractivity contribution is 0.0945. The summed E-state index contributed by atoms with van der Waals surface area (Å²) in [6, 6.07) is 13.9. The number of carbonyl (C=O) groups excluding carboxylic acids is 2. The van der Waals surface area contributed by atoms with Gasteiger partial charge in [0.1, 0.15) is 6.61 Å². The molecule has 1 amide bonds. The molecule has 0 saturated heterocycles. The molecule has 0 aromatic heterocycles. The van der Waals surface area contributed by atoms with Crippen LogP contribution >= 0.6 is 0 Å². The highest BCUT2D eigenvalue weighted by Gasteiger charge is 2.07. The first-order valence-corrected chi connectivity index (χ1v) is 7.27. The summed E-state index contributed by atoms with van der Waals surface area (Å²) in [5.41, 5.74) is 1.09. The van der Waals surface area contributed by atoms with Crippen LogP contribution in [0, 0.1) is 0 Å². The van der Waals surface area contributed by atoms with E-state index < -0.39 is 0 Å². The number of amides is 1. The normalized spacial score (nSPS) is 10.0. The van der Waals surface area contributed by atoms with E-state index in [-0.39, 0.29) is 11.7 Å². The zero-order valence-electron chi connectivity index (χ0n) is 13.2. The van der Waals surface area contributed by atoms with E-state index in [9.17, 15) is 9.59 Å². The number of methoxy groups -OCH3 is 1. The fourth-order valence-corrected chi connectivity index (χ4v) is 2.02. The van der Waals surface area contributed by atoms with Crippen LogP contribution in [0.4, 0.5) is 0 Å². The van der Waals surface area contributed by atoms with Crippen molar-refractivity contribution in [2.24, 2.45) is 0 Å². The maximum absolute atomic E-state index is 12.0. The maximum Gasteiger partial charge on any atom is 0.251 e. The number of hydrogen-bond donors (Lipinski definition) is 1. The number of benzene rings is 2. The lowest BCUT2D eigenvalue weighted by atomic mass is 10.1. The minimum atomic E-state index is -0.205. The van der Waals surface area contributed by atoms with Gasteiger partial charge in [-0.25, -0.2) is 0 Å². The molecule has 0 aliphatic rings. The summed E-state index contributed by atoms with van der Waals surface area (Å²) in [6.45, 7) is 2.19. The second-order valence-electron chi connectivity index (χ2n) is 4.89. The fourth-order valence-electron chi connectivity index (χ4n) is 2.02. The monoisotopic (exact) mass is 313 g/mol. The van der Waals surface area contributed by atoms with E-state index in [2.05, 4.69) is 5.32 Å². The molecule has 120 valence electrons. The molecule has 0 unspecified atom stereocenters. The van der Waals surface area contributed by atoms with Crippen LogP contribution in [0.15, 0.2) is 48.5 Å². The molecule has 0 bridgehead atoms. The van der Waals surface area contributed by atoms with Crippen LogP contribution in [0.25, 0.3) is 0 Å². The van der Waals surface area contributed by atoms with Gasteiger partial charge in [-0.05, 0) is 31.2 Å². The van der Waals surface area contributed by atoms with Gasteiger partial charge in [-0.15, -0.1) is 0 Å². The molecule has 1 N–H and O–H groups in total. The van der Waals surface area contributed by atoms with E-state index in [1.807, 2.05) is 18.2 Å². The molecule has 0 heterocycles. The maximum atomic E-state index is 12.0. The Kier molecular flexibility index (Phi) is 5.74. The summed E-state index contributed by atoms with van der Waals surface area (Å²) in [5, 5.41) is 2.77. The molecule has 0 saturated carbocycles. The number of para-hydroxylation sites is 2. The van der Waals surface area contributed by atoms with Gasteiger partial charge in [0.2, 0.25) is 0 Å². The minimum absolute atomic E-state index is 0.0258. The lowest BCUT2D eigenvalue weighted by Crippen LogP contribution is -2.28. The standard InChI is InChI=1S/C18H19NO4/c1-13(20)14-7-9-15(10-8-14)18(21)19-11-12-23-17-6-4-3-5-16(17)22-2/h3-10H,11-12H2,1-2H3,(H,19,21). The van der Waals surface area contributed by atoms with Gasteiger partial charge in [-0.3, -0.25) is 9.59 Å². The molecule has 23 heavy (non-hydrogen) atoms. The predicted octanol–water partition coefficient (Wildman–Crippen LogP) is 2.71. The number of hydrogen-bond acceptors (Lipinski definition) is 4. The van der Waals surface area contributed by atoms with Crippen molar-refractivity contribution in [2.75, 3.05) is 20.3 Å². The third-order valence-corrected chi connectivity index (χ3v) is 3.27. The Morgan fingerprint density at radius 1 is 0.957 bits per heavy atom. The highest BCUT2D eigenvalue weighted by Crippen LogP contribution is 2.25. The van der Waals surface area contributed by atoms with Gasteiger partial charge in [0.15, 0.2) is 17.3 Å². The zero-order valence-corrected chi connectivity index (χ0v) is 13.2. The van der Waals surface area contributed by atoms with Crippen LogP contribution < -0.4 is 14.8 Å². The van der Waals surface area contributed by atoms with Gasteiger partial charge in [-0.2, -0.15) is 0 Å². The van der Waals surface area contributed by atoms with E-state index in [1.54, 1.807) is 37.4 Å². The summed E-state index contributed by atoms with van der Waals surface area (Å²) < 4.78 is 10.8. The van der Waals surface area contributed by atoms with Gasteiger partial charge < -0.3 is 14.8 Å². The van der Waals surface area contributed by atoms with E-state index in [0.29, 0.717) is 35.8 Å². The second kappa shape index (κ2) is 7.98. The molecule has 2 aromatic carbocycles. The number of nitrogens with one attached hydrogen (secondary N) is 1. The van der Waals surface area contributed by atoms with Crippen LogP contribution in [0.1, 0.15) is 27.6 Å². The van der Waals surface area contributed by atoms with Crippen molar-refractivity contribution in [3.05, 3.63) is 59.7 Å². The Balaban J connectivity index is 1.81. The summed E-state index contributed by atoms with van der Waals surface area (Å²) in [4.78, 5) is 23.2. The van der Waals surface area contributed by atoms with Crippen LogP contribution in [-0.4, -0.2) is 32.0 Å². The van der Waals surface area contributed by atoms with Crippen LogP contribution in [-0.2, 0) is 0 Å². The zero-order chi connectivity index (χ0) is 16.7. The predicted molar refractivity (Wildman–Crippen MR) is 87.3 cm³/mol. The van der Waals surface area contributed by atoms with Gasteiger partial charge >= 0.3 is 0 Å². The molecule has 2 aromatic rings. The Bertz CT molecular complexity index is 680. The molecule has 0 atom stereocenters. The van der Waals surface area contributed by atoms with Crippen molar-refractivity contribution >= 4 is 11.7 Å². The second-order valence-corrected chi connectivity index (χ2v) is 4.89. The van der Waals surface area contributed by atoms with Gasteiger partial charge in [0.25, 0.3) is 5.91 Å². The van der Waals surface area contributed by atoms with Crippen molar-refractivity contribution in [1.82, 2.24) is 5.32 Å². The molecule has 0 fully saturated rings. The van der Waals surface area contributed by atoms with E-state index in [0.717, 1.165) is 0 Å². The van der Waals surface area contributed by atoms with Crippen LogP contribution in [0.2, 0.25) is 0 Å². The van der Waals surface area contributed by atoms with Gasteiger partial charge in [-0.1, -0.05) is 24.3 Å². The molecule has 0 aliphatic carbocycles. The molecular weight excluding hydrogens is 294 g/mol. The summed E-state index contributed by atoms with van der Waals surface area (Å²) >= 11 is 0. The number of carbonyl (C=O) groups is 2. The number of ketones is 1. The summed E-state index contributed by atoms with van der Waals surface area (Å²) in [5.74, 6) is 1.06.